The van der Waals surface area contributed by atoms with E-state index in [4.69, 9.17) is 44.6 Å². The second kappa shape index (κ2) is 20.4. The number of hydrazone groups is 4. The van der Waals surface area contributed by atoms with Crippen molar-refractivity contribution in [1.29, 1.82) is 21.6 Å². The van der Waals surface area contributed by atoms with Crippen LogP contribution in [-0.4, -0.2) is 58.5 Å². The van der Waals surface area contributed by atoms with Crippen LogP contribution >= 0.6 is 0 Å². The number of hydrogen-bond acceptors (Lipinski definition) is 10. The van der Waals surface area contributed by atoms with Crippen LogP contribution in [0.5, 0.6) is 0 Å². The van der Waals surface area contributed by atoms with Gasteiger partial charge < -0.3 is 33.6 Å². The predicted octanol–water partition coefficient (Wildman–Crippen LogP) is 2.35. The Morgan fingerprint density at radius 1 is 0.509 bits per heavy atom. The molecule has 2 amide bonds. The zero-order chi connectivity index (χ0) is 41.4. The molecule has 3 rings (SSSR count). The van der Waals surface area contributed by atoms with Crippen molar-refractivity contribution in [1.82, 2.24) is 21.7 Å². The molecule has 0 unspecified atom stereocenters. The molecule has 0 aliphatic rings. The SMILES string of the molecule is C/C(=N/NC(=N)N)c1cc(NC(=O)c2cccc(C(=O)Nc3cc(/C(C)=N\NC(=N)N)cc(/C(C)=N/NC(=N)N)c3)c2C)cc(/C(C)=N\NC(=N)N)c1.CC. The van der Waals surface area contributed by atoms with Gasteiger partial charge in [0, 0.05) is 44.8 Å². The average Bonchev–Trinajstić information content (AvgIpc) is 3.14. The van der Waals surface area contributed by atoms with Crippen LogP contribution in [0.1, 0.15) is 90.1 Å². The molecule has 55 heavy (non-hydrogen) atoms. The quantitative estimate of drug-likeness (QED) is 0.0727. The molecular formula is C35H48N18O2. The third kappa shape index (κ3) is 13.4. The summed E-state index contributed by atoms with van der Waals surface area (Å²) in [5.41, 5.74) is 36.7. The van der Waals surface area contributed by atoms with Gasteiger partial charge in [0.1, 0.15) is 0 Å². The molecule has 0 saturated carbocycles. The fraction of sp³-hybridized carbons (Fsp3) is 0.200. The van der Waals surface area contributed by atoms with Crippen molar-refractivity contribution in [2.75, 3.05) is 10.6 Å². The molecule has 3 aromatic carbocycles. The third-order valence-electron chi connectivity index (χ3n) is 7.25. The summed E-state index contributed by atoms with van der Waals surface area (Å²) >= 11 is 0. The molecule has 0 aromatic heterocycles. The number of carbonyl (C=O) groups is 2. The number of nitrogens with one attached hydrogen (secondary N) is 10. The number of carbonyl (C=O) groups excluding carboxylic acids is 2. The van der Waals surface area contributed by atoms with Gasteiger partial charge in [-0.05, 0) is 88.7 Å². The first-order valence-electron chi connectivity index (χ1n) is 16.6. The molecule has 0 fully saturated rings. The summed E-state index contributed by atoms with van der Waals surface area (Å²) in [6.07, 6.45) is 0. The lowest BCUT2D eigenvalue weighted by Crippen LogP contribution is -2.27. The van der Waals surface area contributed by atoms with Crippen LogP contribution in [0.3, 0.4) is 0 Å². The summed E-state index contributed by atoms with van der Waals surface area (Å²) in [7, 11) is 0. The second-order valence-corrected chi connectivity index (χ2v) is 11.4. The highest BCUT2D eigenvalue weighted by Gasteiger charge is 2.18. The second-order valence-electron chi connectivity index (χ2n) is 11.4. The molecule has 3 aromatic rings. The van der Waals surface area contributed by atoms with Gasteiger partial charge in [0.05, 0.1) is 22.8 Å². The minimum atomic E-state index is -0.507. The van der Waals surface area contributed by atoms with Crippen LogP contribution in [0, 0.1) is 28.6 Å². The number of anilines is 2. The Bertz CT molecular complexity index is 1850. The van der Waals surface area contributed by atoms with Gasteiger partial charge in [-0.2, -0.15) is 20.4 Å². The molecule has 0 heterocycles. The first-order valence-corrected chi connectivity index (χ1v) is 16.6. The number of amides is 2. The maximum absolute atomic E-state index is 13.7. The van der Waals surface area contributed by atoms with Gasteiger partial charge in [0.15, 0.2) is 0 Å². The standard InChI is InChI=1S/C33H42N18O2.C2H6/c1-15-26(28(52)42-24-11-20(16(2)44-48-30(34)35)9-21(12-24)17(3)45-49-31(36)37)7-6-8-27(15)29(53)43-25-13-22(18(4)46-50-32(38)39)10-23(14-25)19(5)47-51-33(40)41;1-2/h6-14H,1-5H3,(H,42,52)(H,43,53)(H4,34,35,48)(H4,36,37,49)(H4,38,39,50)(H4,40,41,51);1-2H3/b44-16-,45-17-,46-18-,47-19+;. The average molecular weight is 753 g/mol. The summed E-state index contributed by atoms with van der Waals surface area (Å²) in [6, 6.07) is 14.9. The first kappa shape index (κ1) is 43.5. The minimum Gasteiger partial charge on any atom is -0.369 e. The van der Waals surface area contributed by atoms with Crippen LogP contribution in [-0.2, 0) is 0 Å². The van der Waals surface area contributed by atoms with Crippen LogP contribution in [0.25, 0.3) is 0 Å². The van der Waals surface area contributed by atoms with Crippen molar-refractivity contribution in [3.63, 3.8) is 0 Å². The van der Waals surface area contributed by atoms with Gasteiger partial charge in [0.2, 0.25) is 23.8 Å². The van der Waals surface area contributed by atoms with Crippen molar-refractivity contribution < 1.29 is 9.59 Å². The summed E-state index contributed by atoms with van der Waals surface area (Å²) < 4.78 is 0. The number of rotatable bonds is 12. The molecule has 0 bridgehead atoms. The van der Waals surface area contributed by atoms with Gasteiger partial charge in [0.25, 0.3) is 11.8 Å². The molecule has 0 saturated heterocycles. The van der Waals surface area contributed by atoms with Gasteiger partial charge in [-0.1, -0.05) is 19.9 Å². The molecular weight excluding hydrogens is 705 g/mol. The smallest absolute Gasteiger partial charge is 0.255 e. The summed E-state index contributed by atoms with van der Waals surface area (Å²) in [5, 5.41) is 51.7. The number of guanidine groups is 4. The first-order chi connectivity index (χ1) is 25.9. The molecule has 0 radical (unpaired) electrons. The molecule has 0 spiro atoms. The Labute approximate surface area is 318 Å². The molecule has 20 nitrogen and oxygen atoms in total. The fourth-order valence-corrected chi connectivity index (χ4v) is 4.59. The van der Waals surface area contributed by atoms with E-state index < -0.39 is 11.8 Å². The lowest BCUT2D eigenvalue weighted by molar-refractivity contribution is 0.102. The van der Waals surface area contributed by atoms with Crippen molar-refractivity contribution in [3.05, 3.63) is 93.5 Å². The zero-order valence-corrected chi connectivity index (χ0v) is 31.6. The molecule has 0 aliphatic carbocycles. The van der Waals surface area contributed by atoms with E-state index in [-0.39, 0.29) is 35.0 Å². The highest BCUT2D eigenvalue weighted by atomic mass is 16.2. The number of nitrogens with two attached hydrogens (primary N) is 4. The highest BCUT2D eigenvalue weighted by molar-refractivity contribution is 6.13. The number of hydrogen-bond donors (Lipinski definition) is 14. The Morgan fingerprint density at radius 3 is 1.00 bits per heavy atom. The molecule has 20 heteroatoms. The van der Waals surface area contributed by atoms with E-state index >= 15 is 0 Å². The third-order valence-corrected chi connectivity index (χ3v) is 7.25. The Hall–Kier alpha value is -7.64. The van der Waals surface area contributed by atoms with Crippen molar-refractivity contribution in [2.24, 2.45) is 43.3 Å². The zero-order valence-electron chi connectivity index (χ0n) is 31.6. The van der Waals surface area contributed by atoms with E-state index in [1.165, 1.54) is 0 Å². The maximum atomic E-state index is 13.7. The van der Waals surface area contributed by atoms with Crippen molar-refractivity contribution in [3.8, 4) is 0 Å². The van der Waals surface area contributed by atoms with Gasteiger partial charge in [-0.25, -0.2) is 21.7 Å². The van der Waals surface area contributed by atoms with Crippen LogP contribution in [0.15, 0.2) is 75.0 Å². The van der Waals surface area contributed by atoms with Gasteiger partial charge >= 0.3 is 0 Å². The Kier molecular flexibility index (Phi) is 16.2. The van der Waals surface area contributed by atoms with Crippen molar-refractivity contribution >= 4 is 69.9 Å². The highest BCUT2D eigenvalue weighted by Crippen LogP contribution is 2.23. The maximum Gasteiger partial charge on any atom is 0.255 e. The van der Waals surface area contributed by atoms with E-state index in [0.717, 1.165) is 0 Å². The summed E-state index contributed by atoms with van der Waals surface area (Å²) in [5.74, 6) is -2.45. The molecule has 0 atom stereocenters. The normalized spacial score (nSPS) is 11.6. The predicted molar refractivity (Wildman–Crippen MR) is 220 cm³/mol. The molecule has 18 N–H and O–H groups in total. The Balaban J connectivity index is 0.00000514. The minimum absolute atomic E-state index is 0.225. The fourth-order valence-electron chi connectivity index (χ4n) is 4.59. The van der Waals surface area contributed by atoms with Gasteiger partial charge in [-0.15, -0.1) is 0 Å². The largest absolute Gasteiger partial charge is 0.369 e. The van der Waals surface area contributed by atoms with Crippen molar-refractivity contribution in [2.45, 2.75) is 48.5 Å². The van der Waals surface area contributed by atoms with E-state index in [1.807, 2.05) is 13.8 Å². The van der Waals surface area contributed by atoms with Crippen LogP contribution in [0.4, 0.5) is 11.4 Å². The lowest BCUT2D eigenvalue weighted by Gasteiger charge is -2.15. The van der Waals surface area contributed by atoms with E-state index in [1.54, 1.807) is 89.2 Å². The van der Waals surface area contributed by atoms with Crippen LogP contribution < -0.4 is 55.3 Å². The number of nitrogens with zero attached hydrogens (tertiary/aromatic N) is 4. The Morgan fingerprint density at radius 2 is 0.764 bits per heavy atom. The topological polar surface area (TPSA) is 355 Å². The van der Waals surface area contributed by atoms with E-state index in [9.17, 15) is 9.59 Å². The molecule has 290 valence electrons. The number of benzene rings is 3. The monoisotopic (exact) mass is 752 g/mol. The van der Waals surface area contributed by atoms with Gasteiger partial charge in [-0.3, -0.25) is 31.2 Å². The summed E-state index contributed by atoms with van der Waals surface area (Å²) in [4.78, 5) is 27.4. The lowest BCUT2D eigenvalue weighted by atomic mass is 9.99. The van der Waals surface area contributed by atoms with Crippen LogP contribution in [0.2, 0.25) is 0 Å². The molecule has 0 aliphatic heterocycles. The van der Waals surface area contributed by atoms with E-state index in [2.05, 4.69) is 52.7 Å². The summed E-state index contributed by atoms with van der Waals surface area (Å²) in [6.45, 7) is 12.4. The van der Waals surface area contributed by atoms with E-state index in [0.29, 0.717) is 62.0 Å².